The van der Waals surface area contributed by atoms with Gasteiger partial charge in [-0.15, -0.1) is 11.3 Å². The van der Waals surface area contributed by atoms with Crippen molar-refractivity contribution < 1.29 is 4.79 Å². The standard InChI is InChI=1S/C21H18N2OS/c1-15-3-2-4-16(6-5-15)7-12-19-13-14-20(25-19)21(24)23-18-10-8-17(22)9-11-18/h2-6,8-11,13-14,16H,22H2,1H3,(H,23,24). The molecule has 25 heavy (non-hydrogen) atoms. The second kappa shape index (κ2) is 7.69. The molecule has 2 aromatic rings. The Morgan fingerprint density at radius 2 is 1.96 bits per heavy atom. The van der Waals surface area contributed by atoms with Crippen LogP contribution in [0.5, 0.6) is 0 Å². The van der Waals surface area contributed by atoms with Crippen LogP contribution in [0, 0.1) is 17.8 Å². The summed E-state index contributed by atoms with van der Waals surface area (Å²) in [6, 6.07) is 10.7. The summed E-state index contributed by atoms with van der Waals surface area (Å²) in [6.45, 7) is 2.06. The number of nitrogens with one attached hydrogen (secondary N) is 1. The fourth-order valence-electron chi connectivity index (χ4n) is 2.24. The van der Waals surface area contributed by atoms with Crippen LogP contribution >= 0.6 is 11.3 Å². The van der Waals surface area contributed by atoms with Gasteiger partial charge in [0.25, 0.3) is 5.91 Å². The number of allylic oxidation sites excluding steroid dienone is 6. The van der Waals surface area contributed by atoms with Gasteiger partial charge in [0.05, 0.1) is 15.7 Å². The molecule has 1 amide bonds. The van der Waals surface area contributed by atoms with E-state index in [9.17, 15) is 4.79 Å². The molecule has 0 saturated carbocycles. The summed E-state index contributed by atoms with van der Waals surface area (Å²) in [5.74, 6) is 6.31. The van der Waals surface area contributed by atoms with Gasteiger partial charge in [0, 0.05) is 11.4 Å². The van der Waals surface area contributed by atoms with Crippen LogP contribution < -0.4 is 11.1 Å². The van der Waals surface area contributed by atoms with Crippen molar-refractivity contribution in [2.75, 3.05) is 11.1 Å². The Kier molecular flexibility index (Phi) is 5.17. The molecule has 1 atom stereocenters. The van der Waals surface area contributed by atoms with Crippen molar-refractivity contribution >= 4 is 28.6 Å². The molecule has 1 unspecified atom stereocenters. The summed E-state index contributed by atoms with van der Waals surface area (Å²) in [5, 5.41) is 2.86. The Balaban J connectivity index is 1.66. The van der Waals surface area contributed by atoms with Crippen LogP contribution in [0.2, 0.25) is 0 Å². The fraction of sp³-hybridized carbons (Fsp3) is 0.0952. The second-order valence-corrected chi connectivity index (χ2v) is 6.77. The Hall–Kier alpha value is -3.03. The van der Waals surface area contributed by atoms with Gasteiger partial charge < -0.3 is 11.1 Å². The Morgan fingerprint density at radius 3 is 2.76 bits per heavy atom. The van der Waals surface area contributed by atoms with Gasteiger partial charge in [-0.25, -0.2) is 0 Å². The number of hydrogen-bond acceptors (Lipinski definition) is 3. The number of nitrogens with two attached hydrogens (primary N) is 1. The molecule has 0 aliphatic heterocycles. The summed E-state index contributed by atoms with van der Waals surface area (Å²) >= 11 is 1.39. The molecule has 0 fully saturated rings. The van der Waals surface area contributed by atoms with E-state index in [-0.39, 0.29) is 11.8 Å². The molecule has 3 N–H and O–H groups in total. The summed E-state index contributed by atoms with van der Waals surface area (Å²) in [7, 11) is 0. The smallest absolute Gasteiger partial charge is 0.265 e. The Bertz CT molecular complexity index is 921. The highest BCUT2D eigenvalue weighted by Crippen LogP contribution is 2.19. The van der Waals surface area contributed by atoms with Crippen molar-refractivity contribution in [2.45, 2.75) is 6.92 Å². The third-order valence-corrected chi connectivity index (χ3v) is 4.60. The van der Waals surface area contributed by atoms with E-state index in [1.165, 1.54) is 16.9 Å². The monoisotopic (exact) mass is 346 g/mol. The number of anilines is 2. The maximum absolute atomic E-state index is 12.3. The molecular weight excluding hydrogens is 328 g/mol. The fourth-order valence-corrected chi connectivity index (χ4v) is 3.00. The normalized spacial score (nSPS) is 15.7. The van der Waals surface area contributed by atoms with Crippen LogP contribution in [-0.2, 0) is 0 Å². The molecule has 1 aromatic heterocycles. The zero-order valence-electron chi connectivity index (χ0n) is 13.8. The molecule has 3 rings (SSSR count). The topological polar surface area (TPSA) is 55.1 Å². The van der Waals surface area contributed by atoms with E-state index in [0.29, 0.717) is 10.6 Å². The highest BCUT2D eigenvalue weighted by molar-refractivity contribution is 7.14. The van der Waals surface area contributed by atoms with Crippen LogP contribution in [0.1, 0.15) is 21.5 Å². The largest absolute Gasteiger partial charge is 0.399 e. The zero-order valence-corrected chi connectivity index (χ0v) is 14.6. The highest BCUT2D eigenvalue weighted by Gasteiger charge is 2.09. The first-order chi connectivity index (χ1) is 12.1. The molecule has 0 saturated heterocycles. The summed E-state index contributed by atoms with van der Waals surface area (Å²) in [6.07, 6.45) is 10.3. The van der Waals surface area contributed by atoms with Crippen molar-refractivity contribution in [3.05, 3.63) is 82.1 Å². The lowest BCUT2D eigenvalue weighted by atomic mass is 10.1. The van der Waals surface area contributed by atoms with Crippen molar-refractivity contribution in [3.63, 3.8) is 0 Å². The predicted octanol–water partition coefficient (Wildman–Crippen LogP) is 4.62. The van der Waals surface area contributed by atoms with Gasteiger partial charge in [0.1, 0.15) is 0 Å². The molecule has 0 bridgehead atoms. The number of thiophene rings is 1. The lowest BCUT2D eigenvalue weighted by Crippen LogP contribution is -2.09. The lowest BCUT2D eigenvalue weighted by molar-refractivity contribution is 0.103. The molecule has 1 aliphatic carbocycles. The SMILES string of the molecule is CC1=CC=CC(C#Cc2ccc(C(=O)Nc3ccc(N)cc3)s2)C=C1. The molecule has 0 radical (unpaired) electrons. The van der Waals surface area contributed by atoms with Gasteiger partial charge in [-0.3, -0.25) is 4.79 Å². The minimum Gasteiger partial charge on any atom is -0.399 e. The molecule has 1 heterocycles. The summed E-state index contributed by atoms with van der Waals surface area (Å²) in [5.41, 5.74) is 8.24. The number of carbonyl (C=O) groups excluding carboxylic acids is 1. The first kappa shape index (κ1) is 16.8. The molecule has 4 heteroatoms. The van der Waals surface area contributed by atoms with Crippen molar-refractivity contribution in [2.24, 2.45) is 5.92 Å². The maximum atomic E-state index is 12.3. The Morgan fingerprint density at radius 1 is 1.16 bits per heavy atom. The lowest BCUT2D eigenvalue weighted by Gasteiger charge is -2.03. The highest BCUT2D eigenvalue weighted by atomic mass is 32.1. The van der Waals surface area contributed by atoms with Crippen LogP contribution in [-0.4, -0.2) is 5.91 Å². The minimum atomic E-state index is -0.142. The molecule has 0 spiro atoms. The van der Waals surface area contributed by atoms with Gasteiger partial charge in [-0.1, -0.05) is 47.8 Å². The van der Waals surface area contributed by atoms with Crippen LogP contribution in [0.15, 0.2) is 72.4 Å². The number of nitrogen functional groups attached to an aromatic ring is 1. The van der Waals surface area contributed by atoms with Gasteiger partial charge in [0.15, 0.2) is 0 Å². The van der Waals surface area contributed by atoms with Crippen LogP contribution in [0.4, 0.5) is 11.4 Å². The second-order valence-electron chi connectivity index (χ2n) is 5.69. The third-order valence-electron chi connectivity index (χ3n) is 3.60. The molecule has 1 aromatic carbocycles. The van der Waals surface area contributed by atoms with Gasteiger partial charge in [-0.05, 0) is 43.3 Å². The average molecular weight is 346 g/mol. The molecular formula is C21H18N2OS. The number of benzene rings is 1. The van der Waals surface area contributed by atoms with E-state index in [2.05, 4.69) is 48.4 Å². The van der Waals surface area contributed by atoms with Crippen molar-refractivity contribution in [1.82, 2.24) is 0 Å². The van der Waals surface area contributed by atoms with E-state index in [1.54, 1.807) is 30.3 Å². The first-order valence-corrected chi connectivity index (χ1v) is 8.73. The molecule has 1 aliphatic rings. The minimum absolute atomic E-state index is 0.0860. The van der Waals surface area contributed by atoms with E-state index >= 15 is 0 Å². The van der Waals surface area contributed by atoms with Gasteiger partial charge in [0.2, 0.25) is 0 Å². The molecule has 3 nitrogen and oxygen atoms in total. The van der Waals surface area contributed by atoms with E-state index in [4.69, 9.17) is 5.73 Å². The zero-order chi connectivity index (χ0) is 17.6. The van der Waals surface area contributed by atoms with Crippen LogP contribution in [0.3, 0.4) is 0 Å². The number of amides is 1. The van der Waals surface area contributed by atoms with Crippen molar-refractivity contribution in [1.29, 1.82) is 0 Å². The third kappa shape index (κ3) is 4.72. The van der Waals surface area contributed by atoms with E-state index < -0.39 is 0 Å². The van der Waals surface area contributed by atoms with E-state index in [1.807, 2.05) is 12.1 Å². The van der Waals surface area contributed by atoms with Crippen LogP contribution in [0.25, 0.3) is 0 Å². The quantitative estimate of drug-likeness (QED) is 0.616. The Labute approximate surface area is 151 Å². The van der Waals surface area contributed by atoms with Crippen molar-refractivity contribution in [3.8, 4) is 11.8 Å². The van der Waals surface area contributed by atoms with Gasteiger partial charge in [-0.2, -0.15) is 0 Å². The number of rotatable bonds is 2. The maximum Gasteiger partial charge on any atom is 0.265 e. The predicted molar refractivity (Wildman–Crippen MR) is 106 cm³/mol. The summed E-state index contributed by atoms with van der Waals surface area (Å²) in [4.78, 5) is 13.8. The number of hydrogen-bond donors (Lipinski definition) is 2. The van der Waals surface area contributed by atoms with Gasteiger partial charge >= 0.3 is 0 Å². The number of carbonyl (C=O) groups is 1. The van der Waals surface area contributed by atoms with E-state index in [0.717, 1.165) is 10.6 Å². The first-order valence-electron chi connectivity index (χ1n) is 7.92. The molecule has 124 valence electrons. The summed E-state index contributed by atoms with van der Waals surface area (Å²) < 4.78 is 0. The average Bonchev–Trinajstić information content (AvgIpc) is 2.98.